The molecule has 136 valence electrons. The normalized spacial score (nSPS) is 10.6. The molecule has 0 atom stereocenters. The fourth-order valence-electron chi connectivity index (χ4n) is 2.62. The van der Waals surface area contributed by atoms with Crippen LogP contribution in [0.4, 0.5) is 0 Å². The van der Waals surface area contributed by atoms with E-state index < -0.39 is 0 Å². The Hall–Kier alpha value is 0.516. The second-order valence-corrected chi connectivity index (χ2v) is 6.44. The van der Waals surface area contributed by atoms with Gasteiger partial charge in [-0.3, -0.25) is 14.9 Å². The van der Waals surface area contributed by atoms with Crippen molar-refractivity contribution in [2.75, 3.05) is 0 Å². The summed E-state index contributed by atoms with van der Waals surface area (Å²) < 4.78 is 0. The topological polar surface area (TPSA) is 46.2 Å². The molecule has 0 saturated carbocycles. The van der Waals surface area contributed by atoms with Crippen LogP contribution in [0.5, 0.6) is 0 Å². The zero-order valence-electron chi connectivity index (χ0n) is 15.4. The molecule has 0 aliphatic heterocycles. The second kappa shape index (κ2) is 21.6. The standard InChI is InChI=1S/C20H37NO2.K.H/c1-3-4-5-6-7-8-9-10-11-12-13-14-15-16-17-18-20(23)21-19(2)22;;/h10-11H,3-9,12-18H2,1-2H3,(H,21,22,23);;. The number of rotatable bonds is 15. The first kappa shape index (κ1) is 26.7. The van der Waals surface area contributed by atoms with Gasteiger partial charge in [0, 0.05) is 13.3 Å². The monoisotopic (exact) mass is 363 g/mol. The Morgan fingerprint density at radius 1 is 0.750 bits per heavy atom. The summed E-state index contributed by atoms with van der Waals surface area (Å²) in [5, 5.41) is 2.31. The van der Waals surface area contributed by atoms with Gasteiger partial charge < -0.3 is 0 Å². The van der Waals surface area contributed by atoms with Gasteiger partial charge in [0.05, 0.1) is 0 Å². The molecule has 0 aromatic carbocycles. The van der Waals surface area contributed by atoms with Crippen molar-refractivity contribution >= 4 is 63.2 Å². The van der Waals surface area contributed by atoms with Gasteiger partial charge in [-0.2, -0.15) is 0 Å². The number of unbranched alkanes of at least 4 members (excludes halogenated alkanes) is 11. The average Bonchev–Trinajstić information content (AvgIpc) is 2.50. The summed E-state index contributed by atoms with van der Waals surface area (Å²) >= 11 is 0. The van der Waals surface area contributed by atoms with Gasteiger partial charge in [0.2, 0.25) is 11.8 Å². The van der Waals surface area contributed by atoms with Gasteiger partial charge in [-0.1, -0.05) is 70.4 Å². The van der Waals surface area contributed by atoms with E-state index in [1.54, 1.807) is 0 Å². The number of allylic oxidation sites excluding steroid dienone is 2. The van der Waals surface area contributed by atoms with Crippen molar-refractivity contribution in [2.45, 2.75) is 104 Å². The molecule has 0 bridgehead atoms. The average molecular weight is 364 g/mol. The molecular formula is C20H38KNO2. The van der Waals surface area contributed by atoms with E-state index >= 15 is 0 Å². The minimum absolute atomic E-state index is 0. The van der Waals surface area contributed by atoms with E-state index in [1.165, 1.54) is 77.6 Å². The van der Waals surface area contributed by atoms with Crippen molar-refractivity contribution in [1.82, 2.24) is 5.32 Å². The first-order chi connectivity index (χ1) is 11.2. The predicted molar refractivity (Wildman–Crippen MR) is 105 cm³/mol. The van der Waals surface area contributed by atoms with Crippen molar-refractivity contribution in [1.29, 1.82) is 0 Å². The van der Waals surface area contributed by atoms with Crippen LogP contribution in [0.3, 0.4) is 0 Å². The van der Waals surface area contributed by atoms with Crippen LogP contribution < -0.4 is 5.32 Å². The first-order valence-electron chi connectivity index (χ1n) is 9.62. The number of hydrogen-bond donors (Lipinski definition) is 1. The molecule has 0 rings (SSSR count). The van der Waals surface area contributed by atoms with E-state index in [1.807, 2.05) is 0 Å². The number of hydrogen-bond acceptors (Lipinski definition) is 2. The van der Waals surface area contributed by atoms with Gasteiger partial charge in [-0.25, -0.2) is 0 Å². The molecule has 0 heterocycles. The third-order valence-corrected chi connectivity index (χ3v) is 3.98. The Bertz CT molecular complexity index is 330. The predicted octanol–water partition coefficient (Wildman–Crippen LogP) is 5.04. The SMILES string of the molecule is CCCCCCCCC=CCCCCCCCC(=O)NC(C)=O.[KH]. The van der Waals surface area contributed by atoms with Gasteiger partial charge in [-0.05, 0) is 32.1 Å². The fraction of sp³-hybridized carbons (Fsp3) is 0.800. The molecule has 1 N–H and O–H groups in total. The molecule has 24 heavy (non-hydrogen) atoms. The summed E-state index contributed by atoms with van der Waals surface area (Å²) in [6.07, 6.45) is 21.4. The molecule has 4 heteroatoms. The minimum atomic E-state index is -0.261. The van der Waals surface area contributed by atoms with Crippen LogP contribution in [0, 0.1) is 0 Å². The van der Waals surface area contributed by atoms with Crippen LogP contribution in [0.15, 0.2) is 12.2 Å². The van der Waals surface area contributed by atoms with E-state index in [-0.39, 0.29) is 63.2 Å². The van der Waals surface area contributed by atoms with E-state index in [0.717, 1.165) is 12.8 Å². The first-order valence-corrected chi connectivity index (χ1v) is 9.62. The fourth-order valence-corrected chi connectivity index (χ4v) is 2.62. The van der Waals surface area contributed by atoms with Crippen LogP contribution in [-0.2, 0) is 9.59 Å². The maximum absolute atomic E-state index is 11.2. The summed E-state index contributed by atoms with van der Waals surface area (Å²) in [6, 6.07) is 0. The zero-order valence-corrected chi connectivity index (χ0v) is 15.4. The van der Waals surface area contributed by atoms with Crippen LogP contribution in [-0.4, -0.2) is 63.2 Å². The van der Waals surface area contributed by atoms with Crippen molar-refractivity contribution in [3.8, 4) is 0 Å². The van der Waals surface area contributed by atoms with Gasteiger partial charge in [0.25, 0.3) is 0 Å². The molecule has 0 aliphatic carbocycles. The molecule has 0 aromatic rings. The number of carbonyl (C=O) groups is 2. The Morgan fingerprint density at radius 3 is 1.71 bits per heavy atom. The summed E-state index contributed by atoms with van der Waals surface area (Å²) in [6.45, 7) is 3.63. The van der Waals surface area contributed by atoms with Crippen molar-refractivity contribution < 1.29 is 9.59 Å². The number of nitrogens with one attached hydrogen (secondary N) is 1. The van der Waals surface area contributed by atoms with Crippen LogP contribution in [0.2, 0.25) is 0 Å². The summed E-state index contributed by atoms with van der Waals surface area (Å²) in [5.41, 5.74) is 0. The molecule has 0 aliphatic rings. The molecule has 0 unspecified atom stereocenters. The Balaban J connectivity index is 0. The maximum atomic E-state index is 11.2. The van der Waals surface area contributed by atoms with Gasteiger partial charge in [0.15, 0.2) is 0 Å². The van der Waals surface area contributed by atoms with Gasteiger partial charge in [-0.15, -0.1) is 0 Å². The quantitative estimate of drug-likeness (QED) is 0.252. The van der Waals surface area contributed by atoms with Crippen LogP contribution in [0.1, 0.15) is 104 Å². The molecule has 2 amide bonds. The van der Waals surface area contributed by atoms with Crippen molar-refractivity contribution in [3.63, 3.8) is 0 Å². The third kappa shape index (κ3) is 22.5. The van der Waals surface area contributed by atoms with Gasteiger partial charge >= 0.3 is 51.4 Å². The molecule has 0 radical (unpaired) electrons. The summed E-state index contributed by atoms with van der Waals surface area (Å²) in [7, 11) is 0. The van der Waals surface area contributed by atoms with Crippen molar-refractivity contribution in [2.24, 2.45) is 0 Å². The molecule has 3 nitrogen and oxygen atoms in total. The molecule has 0 saturated heterocycles. The summed E-state index contributed by atoms with van der Waals surface area (Å²) in [5.74, 6) is -0.405. The second-order valence-electron chi connectivity index (χ2n) is 6.44. The van der Waals surface area contributed by atoms with Crippen molar-refractivity contribution in [3.05, 3.63) is 12.2 Å². The van der Waals surface area contributed by atoms with Crippen LogP contribution >= 0.6 is 0 Å². The van der Waals surface area contributed by atoms with E-state index in [0.29, 0.717) is 6.42 Å². The molecular weight excluding hydrogens is 325 g/mol. The number of carbonyl (C=O) groups excluding carboxylic acids is 2. The number of imide groups is 1. The third-order valence-electron chi connectivity index (χ3n) is 3.98. The molecule has 0 aromatic heterocycles. The Labute approximate surface area is 192 Å². The zero-order chi connectivity index (χ0) is 17.2. The van der Waals surface area contributed by atoms with E-state index in [2.05, 4.69) is 24.4 Å². The van der Waals surface area contributed by atoms with Gasteiger partial charge in [0.1, 0.15) is 0 Å². The number of amides is 2. The summed E-state index contributed by atoms with van der Waals surface area (Å²) in [4.78, 5) is 21.9. The Morgan fingerprint density at radius 2 is 1.21 bits per heavy atom. The molecule has 0 fully saturated rings. The van der Waals surface area contributed by atoms with E-state index in [9.17, 15) is 9.59 Å². The van der Waals surface area contributed by atoms with E-state index in [4.69, 9.17) is 0 Å². The van der Waals surface area contributed by atoms with Crippen LogP contribution in [0.25, 0.3) is 0 Å². The molecule has 0 spiro atoms. The Kier molecular flexibility index (Phi) is 24.0.